The summed E-state index contributed by atoms with van der Waals surface area (Å²) in [5, 5.41) is 4.12. The second-order valence-electron chi connectivity index (χ2n) is 3.01. The fourth-order valence-corrected chi connectivity index (χ4v) is 2.07. The van der Waals surface area contributed by atoms with Crippen molar-refractivity contribution in [3.8, 4) is 0 Å². The molecule has 0 radical (unpaired) electrons. The van der Waals surface area contributed by atoms with Crippen LogP contribution >= 0.6 is 35.8 Å². The quantitative estimate of drug-likeness (QED) is 0.620. The van der Waals surface area contributed by atoms with E-state index in [0.717, 1.165) is 23.9 Å². The number of nitrogens with one attached hydrogen (secondary N) is 1. The van der Waals surface area contributed by atoms with E-state index in [1.807, 2.05) is 23.9 Å². The molecule has 0 unspecified atom stereocenters. The highest BCUT2D eigenvalue weighted by atomic mass is 35.5. The first-order chi connectivity index (χ1) is 6.83. The van der Waals surface area contributed by atoms with Gasteiger partial charge in [0, 0.05) is 9.92 Å². The Labute approximate surface area is 107 Å². The maximum atomic E-state index is 5.79. The van der Waals surface area contributed by atoms with Crippen molar-refractivity contribution in [3.05, 3.63) is 29.3 Å². The molecule has 0 aromatic heterocycles. The van der Waals surface area contributed by atoms with Crippen molar-refractivity contribution in [2.45, 2.75) is 18.2 Å². The lowest BCUT2D eigenvalue weighted by molar-refractivity contribution is 0.707. The molecular weight excluding hydrogens is 249 g/mol. The third-order valence-electron chi connectivity index (χ3n) is 1.83. The van der Waals surface area contributed by atoms with E-state index in [1.54, 1.807) is 0 Å². The number of benzene rings is 1. The average Bonchev–Trinajstić information content (AvgIpc) is 2.21. The Hall–Kier alpha value is 0.110. The van der Waals surface area contributed by atoms with Gasteiger partial charge in [0.1, 0.15) is 0 Å². The first kappa shape index (κ1) is 15.1. The van der Waals surface area contributed by atoms with Gasteiger partial charge in [-0.15, -0.1) is 24.2 Å². The van der Waals surface area contributed by atoms with Gasteiger partial charge in [0.15, 0.2) is 0 Å². The molecule has 0 saturated carbocycles. The Morgan fingerprint density at radius 2 is 1.93 bits per heavy atom. The van der Waals surface area contributed by atoms with Gasteiger partial charge in [-0.3, -0.25) is 0 Å². The summed E-state index contributed by atoms with van der Waals surface area (Å²) in [5.74, 6) is 1.16. The van der Waals surface area contributed by atoms with Crippen LogP contribution in [0.3, 0.4) is 0 Å². The third kappa shape index (κ3) is 7.07. The molecule has 0 saturated heterocycles. The van der Waals surface area contributed by atoms with Crippen molar-refractivity contribution in [2.75, 3.05) is 18.8 Å². The Balaban J connectivity index is 0.00000196. The molecule has 0 atom stereocenters. The van der Waals surface area contributed by atoms with Crippen molar-refractivity contribution < 1.29 is 0 Å². The molecule has 1 rings (SSSR count). The monoisotopic (exact) mass is 265 g/mol. The van der Waals surface area contributed by atoms with Gasteiger partial charge >= 0.3 is 0 Å². The summed E-state index contributed by atoms with van der Waals surface area (Å²) >= 11 is 7.68. The van der Waals surface area contributed by atoms with Crippen LogP contribution in [0.5, 0.6) is 0 Å². The Kier molecular flexibility index (Phi) is 9.41. The molecule has 1 nitrogen and oxygen atoms in total. The fraction of sp³-hybridized carbons (Fsp3) is 0.455. The van der Waals surface area contributed by atoms with Crippen LogP contribution in [0.2, 0.25) is 5.02 Å². The van der Waals surface area contributed by atoms with Gasteiger partial charge in [0.25, 0.3) is 0 Å². The lowest BCUT2D eigenvalue weighted by atomic mass is 10.4. The van der Waals surface area contributed by atoms with Crippen molar-refractivity contribution in [3.63, 3.8) is 0 Å². The SMILES string of the molecule is CCNCCCSc1ccc(Cl)cc1.Cl. The van der Waals surface area contributed by atoms with Crippen LogP contribution in [0.15, 0.2) is 29.2 Å². The predicted octanol–water partition coefficient (Wildman–Crippen LogP) is 3.85. The lowest BCUT2D eigenvalue weighted by Gasteiger charge is -2.02. The van der Waals surface area contributed by atoms with E-state index in [1.165, 1.54) is 11.3 Å². The maximum Gasteiger partial charge on any atom is 0.0406 e. The van der Waals surface area contributed by atoms with Gasteiger partial charge in [-0.05, 0) is 49.5 Å². The first-order valence-corrected chi connectivity index (χ1v) is 6.28. The Morgan fingerprint density at radius 3 is 2.53 bits per heavy atom. The zero-order valence-corrected chi connectivity index (χ0v) is 11.2. The highest BCUT2D eigenvalue weighted by molar-refractivity contribution is 7.99. The summed E-state index contributed by atoms with van der Waals surface area (Å²) in [4.78, 5) is 1.30. The van der Waals surface area contributed by atoms with Crippen LogP contribution in [-0.2, 0) is 0 Å². The second kappa shape index (κ2) is 9.34. The molecule has 0 aliphatic rings. The molecule has 1 aromatic carbocycles. The van der Waals surface area contributed by atoms with Crippen molar-refractivity contribution in [1.82, 2.24) is 5.32 Å². The largest absolute Gasteiger partial charge is 0.317 e. The van der Waals surface area contributed by atoms with Crippen molar-refractivity contribution >= 4 is 35.8 Å². The molecule has 1 aromatic rings. The van der Waals surface area contributed by atoms with E-state index in [-0.39, 0.29) is 12.4 Å². The van der Waals surface area contributed by atoms with Crippen molar-refractivity contribution in [2.24, 2.45) is 0 Å². The molecule has 86 valence electrons. The standard InChI is InChI=1S/C11H16ClNS.ClH/c1-2-13-8-3-9-14-11-6-4-10(12)5-7-11;/h4-7,13H,2-3,8-9H2,1H3;1H. The molecule has 0 amide bonds. The minimum absolute atomic E-state index is 0. The number of hydrogen-bond donors (Lipinski definition) is 1. The van der Waals surface area contributed by atoms with Crippen molar-refractivity contribution in [1.29, 1.82) is 0 Å². The van der Waals surface area contributed by atoms with E-state index in [2.05, 4.69) is 24.4 Å². The first-order valence-electron chi connectivity index (χ1n) is 4.92. The number of thioether (sulfide) groups is 1. The van der Waals surface area contributed by atoms with Crippen LogP contribution in [0.1, 0.15) is 13.3 Å². The second-order valence-corrected chi connectivity index (χ2v) is 4.61. The summed E-state index contributed by atoms with van der Waals surface area (Å²) in [6.07, 6.45) is 1.21. The van der Waals surface area contributed by atoms with E-state index in [0.29, 0.717) is 0 Å². The summed E-state index contributed by atoms with van der Waals surface area (Å²) in [6, 6.07) is 8.02. The van der Waals surface area contributed by atoms with Crippen LogP contribution in [0, 0.1) is 0 Å². The Morgan fingerprint density at radius 1 is 1.27 bits per heavy atom. The highest BCUT2D eigenvalue weighted by Crippen LogP contribution is 2.20. The summed E-state index contributed by atoms with van der Waals surface area (Å²) in [7, 11) is 0. The lowest BCUT2D eigenvalue weighted by Crippen LogP contribution is -2.14. The molecule has 0 aliphatic carbocycles. The molecular formula is C11H17Cl2NS. The number of hydrogen-bond acceptors (Lipinski definition) is 2. The molecule has 15 heavy (non-hydrogen) atoms. The van der Waals surface area contributed by atoms with Gasteiger partial charge in [-0.25, -0.2) is 0 Å². The molecule has 0 spiro atoms. The number of rotatable bonds is 6. The predicted molar refractivity (Wildman–Crippen MR) is 72.6 cm³/mol. The zero-order valence-electron chi connectivity index (χ0n) is 8.83. The van der Waals surface area contributed by atoms with Gasteiger partial charge in [0.2, 0.25) is 0 Å². The smallest absolute Gasteiger partial charge is 0.0406 e. The van der Waals surface area contributed by atoms with Crippen LogP contribution in [0.25, 0.3) is 0 Å². The molecule has 1 N–H and O–H groups in total. The van der Waals surface area contributed by atoms with Crippen LogP contribution in [-0.4, -0.2) is 18.8 Å². The minimum Gasteiger partial charge on any atom is -0.317 e. The topological polar surface area (TPSA) is 12.0 Å². The zero-order chi connectivity index (χ0) is 10.2. The van der Waals surface area contributed by atoms with E-state index in [9.17, 15) is 0 Å². The van der Waals surface area contributed by atoms with E-state index in [4.69, 9.17) is 11.6 Å². The summed E-state index contributed by atoms with van der Waals surface area (Å²) in [6.45, 7) is 4.30. The fourth-order valence-electron chi connectivity index (χ4n) is 1.09. The summed E-state index contributed by atoms with van der Waals surface area (Å²) < 4.78 is 0. The maximum absolute atomic E-state index is 5.79. The van der Waals surface area contributed by atoms with E-state index >= 15 is 0 Å². The van der Waals surface area contributed by atoms with Gasteiger partial charge in [0.05, 0.1) is 0 Å². The van der Waals surface area contributed by atoms with Crippen LogP contribution < -0.4 is 5.32 Å². The molecule has 0 bridgehead atoms. The molecule has 4 heteroatoms. The Bertz CT molecular complexity index is 251. The normalized spacial score (nSPS) is 9.73. The van der Waals surface area contributed by atoms with Gasteiger partial charge in [-0.1, -0.05) is 18.5 Å². The molecule has 0 heterocycles. The summed E-state index contributed by atoms with van der Waals surface area (Å²) in [5.41, 5.74) is 0. The van der Waals surface area contributed by atoms with Gasteiger partial charge in [-0.2, -0.15) is 0 Å². The van der Waals surface area contributed by atoms with Gasteiger partial charge < -0.3 is 5.32 Å². The highest BCUT2D eigenvalue weighted by Gasteiger charge is 1.93. The van der Waals surface area contributed by atoms with Crippen LogP contribution in [0.4, 0.5) is 0 Å². The minimum atomic E-state index is 0. The average molecular weight is 266 g/mol. The molecule has 0 fully saturated rings. The molecule has 0 aliphatic heterocycles. The van der Waals surface area contributed by atoms with E-state index < -0.39 is 0 Å². The third-order valence-corrected chi connectivity index (χ3v) is 3.18. The number of halogens is 2.